The van der Waals surface area contributed by atoms with Crippen LogP contribution in [-0.2, 0) is 11.4 Å². The summed E-state index contributed by atoms with van der Waals surface area (Å²) in [5.74, 6) is 0.858. The van der Waals surface area contributed by atoms with Gasteiger partial charge in [0, 0.05) is 17.1 Å². The summed E-state index contributed by atoms with van der Waals surface area (Å²) in [5, 5.41) is 12.6. The maximum absolute atomic E-state index is 11.9. The van der Waals surface area contributed by atoms with E-state index >= 15 is 0 Å². The van der Waals surface area contributed by atoms with E-state index in [0.29, 0.717) is 28.8 Å². The van der Waals surface area contributed by atoms with Crippen LogP contribution in [0.15, 0.2) is 18.2 Å². The molecule has 0 aromatic heterocycles. The Morgan fingerprint density at radius 3 is 2.70 bits per heavy atom. The molecule has 0 heterocycles. The van der Waals surface area contributed by atoms with Gasteiger partial charge in [0.15, 0.2) is 6.10 Å². The molecule has 1 amide bonds. The number of aliphatic hydroxyl groups is 1. The minimum absolute atomic E-state index is 0.163. The van der Waals surface area contributed by atoms with E-state index in [-0.39, 0.29) is 12.5 Å². The van der Waals surface area contributed by atoms with E-state index in [1.54, 1.807) is 25.1 Å². The summed E-state index contributed by atoms with van der Waals surface area (Å²) in [5.41, 5.74) is 0.569. The number of rotatable bonds is 7. The van der Waals surface area contributed by atoms with Crippen LogP contribution in [0.5, 0.6) is 5.75 Å². The van der Waals surface area contributed by atoms with Gasteiger partial charge in [-0.15, -0.1) is 0 Å². The molecule has 1 aromatic rings. The molecule has 1 unspecified atom stereocenters. The lowest BCUT2D eigenvalue weighted by molar-refractivity contribution is -0.127. The molecule has 0 radical (unpaired) electrons. The second-order valence-corrected chi connectivity index (χ2v) is 5.58. The number of halogens is 1. The van der Waals surface area contributed by atoms with E-state index in [0.717, 1.165) is 6.42 Å². The summed E-state index contributed by atoms with van der Waals surface area (Å²) in [7, 11) is 0. The van der Waals surface area contributed by atoms with Crippen molar-refractivity contribution in [2.24, 2.45) is 5.92 Å². The van der Waals surface area contributed by atoms with E-state index in [1.165, 1.54) is 0 Å². The van der Waals surface area contributed by atoms with Crippen LogP contribution in [0.25, 0.3) is 0 Å². The Balaban J connectivity index is 2.57. The van der Waals surface area contributed by atoms with Crippen LogP contribution in [0, 0.1) is 5.92 Å². The second kappa shape index (κ2) is 8.12. The Hall–Kier alpha value is -1.26. The van der Waals surface area contributed by atoms with Gasteiger partial charge in [-0.2, -0.15) is 0 Å². The van der Waals surface area contributed by atoms with Crippen molar-refractivity contribution in [2.45, 2.75) is 39.9 Å². The molecule has 112 valence electrons. The Morgan fingerprint density at radius 1 is 1.40 bits per heavy atom. The molecule has 0 aliphatic carbocycles. The molecular weight excluding hydrogens is 278 g/mol. The van der Waals surface area contributed by atoms with Gasteiger partial charge in [0.05, 0.1) is 6.61 Å². The van der Waals surface area contributed by atoms with E-state index in [4.69, 9.17) is 16.3 Å². The van der Waals surface area contributed by atoms with Crippen molar-refractivity contribution >= 4 is 17.5 Å². The molecule has 0 bridgehead atoms. The van der Waals surface area contributed by atoms with Crippen LogP contribution in [0.1, 0.15) is 32.8 Å². The number of hydrogen-bond donors (Lipinski definition) is 2. The zero-order valence-electron chi connectivity index (χ0n) is 12.1. The highest BCUT2D eigenvalue weighted by atomic mass is 35.5. The van der Waals surface area contributed by atoms with Crippen LogP contribution in [-0.4, -0.2) is 23.7 Å². The molecular formula is C15H22ClNO3. The van der Waals surface area contributed by atoms with Gasteiger partial charge in [-0.25, -0.2) is 0 Å². The quantitative estimate of drug-likeness (QED) is 0.814. The lowest BCUT2D eigenvalue weighted by atomic mass is 10.1. The maximum Gasteiger partial charge on any atom is 0.260 e. The van der Waals surface area contributed by atoms with E-state index in [9.17, 15) is 9.90 Å². The van der Waals surface area contributed by atoms with Crippen molar-refractivity contribution in [3.05, 3.63) is 28.8 Å². The summed E-state index contributed by atoms with van der Waals surface area (Å²) in [6.45, 7) is 6.34. The molecule has 20 heavy (non-hydrogen) atoms. The molecule has 1 aromatic carbocycles. The molecule has 0 spiro atoms. The fourth-order valence-electron chi connectivity index (χ4n) is 1.66. The highest BCUT2D eigenvalue weighted by Crippen LogP contribution is 2.23. The van der Waals surface area contributed by atoms with Crippen LogP contribution in [0.3, 0.4) is 0 Å². The van der Waals surface area contributed by atoms with Crippen molar-refractivity contribution in [1.82, 2.24) is 5.32 Å². The third-order valence-corrected chi connectivity index (χ3v) is 3.12. The number of ether oxygens (including phenoxy) is 1. The average Bonchev–Trinajstić information content (AvgIpc) is 2.40. The second-order valence-electron chi connectivity index (χ2n) is 5.14. The normalized spacial score (nSPS) is 12.3. The third kappa shape index (κ3) is 5.39. The molecule has 0 saturated carbocycles. The number of aliphatic hydroxyl groups excluding tert-OH is 1. The molecule has 0 aliphatic heterocycles. The molecule has 1 atom stereocenters. The van der Waals surface area contributed by atoms with Gasteiger partial charge in [0.25, 0.3) is 5.91 Å². The van der Waals surface area contributed by atoms with Gasteiger partial charge >= 0.3 is 0 Å². The molecule has 0 aliphatic rings. The van der Waals surface area contributed by atoms with Gasteiger partial charge in [0.2, 0.25) is 0 Å². The third-order valence-electron chi connectivity index (χ3n) is 2.89. The van der Waals surface area contributed by atoms with Gasteiger partial charge in [0.1, 0.15) is 5.75 Å². The Morgan fingerprint density at radius 2 is 2.10 bits per heavy atom. The first kappa shape index (κ1) is 16.8. The number of hydrogen-bond acceptors (Lipinski definition) is 3. The SMILES string of the molecule is CC(C)CCNC(=O)C(C)Oc1ccc(Cl)cc1CO. The molecule has 0 fully saturated rings. The highest BCUT2D eigenvalue weighted by molar-refractivity contribution is 6.30. The fourth-order valence-corrected chi connectivity index (χ4v) is 1.85. The smallest absolute Gasteiger partial charge is 0.260 e. The first-order valence-electron chi connectivity index (χ1n) is 6.77. The van der Waals surface area contributed by atoms with Crippen molar-refractivity contribution in [2.75, 3.05) is 6.54 Å². The van der Waals surface area contributed by atoms with Gasteiger partial charge in [-0.1, -0.05) is 25.4 Å². The zero-order valence-corrected chi connectivity index (χ0v) is 12.9. The maximum atomic E-state index is 11.9. The number of carbonyl (C=O) groups excluding carboxylic acids is 1. The first-order valence-corrected chi connectivity index (χ1v) is 7.15. The van der Waals surface area contributed by atoms with E-state index < -0.39 is 6.10 Å². The lowest BCUT2D eigenvalue weighted by Crippen LogP contribution is -2.37. The summed E-state index contributed by atoms with van der Waals surface area (Å²) < 4.78 is 5.58. The molecule has 0 saturated heterocycles. The number of amides is 1. The minimum Gasteiger partial charge on any atom is -0.481 e. The van der Waals surface area contributed by atoms with E-state index in [2.05, 4.69) is 19.2 Å². The van der Waals surface area contributed by atoms with Crippen LogP contribution in [0.2, 0.25) is 5.02 Å². The van der Waals surface area contributed by atoms with Crippen molar-refractivity contribution in [1.29, 1.82) is 0 Å². The predicted molar refractivity (Wildman–Crippen MR) is 79.9 cm³/mol. The van der Waals surface area contributed by atoms with Crippen LogP contribution < -0.4 is 10.1 Å². The van der Waals surface area contributed by atoms with Crippen molar-refractivity contribution in [3.8, 4) is 5.75 Å². The van der Waals surface area contributed by atoms with Gasteiger partial charge < -0.3 is 15.2 Å². The van der Waals surface area contributed by atoms with Crippen molar-refractivity contribution < 1.29 is 14.6 Å². The van der Waals surface area contributed by atoms with Crippen LogP contribution in [0.4, 0.5) is 0 Å². The lowest BCUT2D eigenvalue weighted by Gasteiger charge is -2.17. The van der Waals surface area contributed by atoms with Gasteiger partial charge in [-0.3, -0.25) is 4.79 Å². The number of carbonyl (C=O) groups is 1. The Labute approximate surface area is 125 Å². The number of nitrogens with one attached hydrogen (secondary N) is 1. The first-order chi connectivity index (χ1) is 9.43. The predicted octanol–water partition coefficient (Wildman–Crippen LogP) is 2.76. The van der Waals surface area contributed by atoms with Gasteiger partial charge in [-0.05, 0) is 37.5 Å². The largest absolute Gasteiger partial charge is 0.481 e. The fraction of sp³-hybridized carbons (Fsp3) is 0.533. The molecule has 1 rings (SSSR count). The summed E-state index contributed by atoms with van der Waals surface area (Å²) in [6, 6.07) is 4.95. The zero-order chi connectivity index (χ0) is 15.1. The standard InChI is InChI=1S/C15H22ClNO3/c1-10(2)6-7-17-15(19)11(3)20-14-5-4-13(16)8-12(14)9-18/h4-5,8,10-11,18H,6-7,9H2,1-3H3,(H,17,19). The molecule has 5 heteroatoms. The monoisotopic (exact) mass is 299 g/mol. The van der Waals surface area contributed by atoms with Crippen molar-refractivity contribution in [3.63, 3.8) is 0 Å². The average molecular weight is 300 g/mol. The highest BCUT2D eigenvalue weighted by Gasteiger charge is 2.16. The number of benzene rings is 1. The summed E-state index contributed by atoms with van der Waals surface area (Å²) in [6.07, 6.45) is 0.315. The molecule has 4 nitrogen and oxygen atoms in total. The summed E-state index contributed by atoms with van der Waals surface area (Å²) in [4.78, 5) is 11.9. The topological polar surface area (TPSA) is 58.6 Å². The summed E-state index contributed by atoms with van der Waals surface area (Å²) >= 11 is 5.85. The Kier molecular flexibility index (Phi) is 6.82. The minimum atomic E-state index is -0.617. The molecule has 2 N–H and O–H groups in total. The van der Waals surface area contributed by atoms with E-state index in [1.807, 2.05) is 0 Å². The Bertz CT molecular complexity index is 449. The van der Waals surface area contributed by atoms with Crippen LogP contribution >= 0.6 is 11.6 Å².